The first kappa shape index (κ1) is 18.2. The molecule has 144 valence electrons. The molecule has 1 fully saturated rings. The first-order valence-electron chi connectivity index (χ1n) is 9.33. The predicted molar refractivity (Wildman–Crippen MR) is 102 cm³/mol. The summed E-state index contributed by atoms with van der Waals surface area (Å²) in [5, 5.41) is 4.05. The average molecular weight is 378 g/mol. The van der Waals surface area contributed by atoms with E-state index in [1.807, 2.05) is 32.0 Å². The lowest BCUT2D eigenvalue weighted by atomic mass is 10.1. The molecule has 7 nitrogen and oxygen atoms in total. The number of aryl methyl sites for hydroxylation is 1. The molecule has 2 heterocycles. The van der Waals surface area contributed by atoms with Gasteiger partial charge in [0.15, 0.2) is 6.61 Å². The van der Waals surface area contributed by atoms with Gasteiger partial charge in [0.2, 0.25) is 5.78 Å². The maximum atomic E-state index is 12.5. The van der Waals surface area contributed by atoms with E-state index in [-0.39, 0.29) is 12.4 Å². The fourth-order valence-corrected chi connectivity index (χ4v) is 3.49. The Labute approximate surface area is 163 Å². The topological polar surface area (TPSA) is 79.0 Å². The quantitative estimate of drug-likeness (QED) is 0.466. The summed E-state index contributed by atoms with van der Waals surface area (Å²) in [4.78, 5) is 28.7. The Kier molecular flexibility index (Phi) is 4.81. The van der Waals surface area contributed by atoms with Crippen LogP contribution in [0.25, 0.3) is 0 Å². The Morgan fingerprint density at radius 1 is 1.18 bits per heavy atom. The van der Waals surface area contributed by atoms with E-state index in [0.29, 0.717) is 23.7 Å². The van der Waals surface area contributed by atoms with Crippen LogP contribution in [0, 0.1) is 13.8 Å². The Bertz CT molecular complexity index is 999. The number of carbonyl (C=O) groups excluding carboxylic acids is 2. The number of ketones is 1. The molecule has 1 aliphatic carbocycles. The van der Waals surface area contributed by atoms with Crippen LogP contribution in [0.15, 0.2) is 43.0 Å². The van der Waals surface area contributed by atoms with Crippen molar-refractivity contribution in [3.8, 4) is 0 Å². The third kappa shape index (κ3) is 3.74. The Morgan fingerprint density at radius 3 is 2.57 bits per heavy atom. The molecule has 0 bridgehead atoms. The first-order chi connectivity index (χ1) is 13.5. The smallest absolute Gasteiger partial charge is 0.338 e. The third-order valence-corrected chi connectivity index (χ3v) is 5.03. The fourth-order valence-electron chi connectivity index (χ4n) is 3.49. The van der Waals surface area contributed by atoms with Crippen molar-refractivity contribution in [1.29, 1.82) is 0 Å². The number of nitrogens with zero attached hydrogens (tertiary/aromatic N) is 4. The minimum absolute atomic E-state index is 0.170. The molecule has 3 aromatic rings. The predicted octanol–water partition coefficient (Wildman–Crippen LogP) is 3.12. The number of Topliss-reactive ketones (excluding diaryl/α,β-unsaturated/α-hetero) is 1. The molecule has 0 atom stereocenters. The summed E-state index contributed by atoms with van der Waals surface area (Å²) < 4.78 is 9.15. The van der Waals surface area contributed by atoms with E-state index in [1.54, 1.807) is 23.1 Å². The number of benzene rings is 1. The molecule has 28 heavy (non-hydrogen) atoms. The van der Waals surface area contributed by atoms with Gasteiger partial charge in [-0.05, 0) is 50.5 Å². The van der Waals surface area contributed by atoms with Gasteiger partial charge >= 0.3 is 5.97 Å². The zero-order valence-electron chi connectivity index (χ0n) is 16.0. The molecule has 0 amide bonds. The van der Waals surface area contributed by atoms with Gasteiger partial charge in [0.1, 0.15) is 12.7 Å². The lowest BCUT2D eigenvalue weighted by Gasteiger charge is -2.08. The second-order valence-electron chi connectivity index (χ2n) is 7.18. The van der Waals surface area contributed by atoms with Crippen LogP contribution in [0.3, 0.4) is 0 Å². The summed E-state index contributed by atoms with van der Waals surface area (Å²) >= 11 is 0. The van der Waals surface area contributed by atoms with Crippen LogP contribution < -0.4 is 0 Å². The van der Waals surface area contributed by atoms with Crippen LogP contribution in [0.2, 0.25) is 0 Å². The van der Waals surface area contributed by atoms with E-state index < -0.39 is 5.97 Å². The number of rotatable bonds is 7. The van der Waals surface area contributed by atoms with Crippen molar-refractivity contribution in [2.45, 2.75) is 39.3 Å². The molecule has 7 heteroatoms. The van der Waals surface area contributed by atoms with Gasteiger partial charge < -0.3 is 9.30 Å². The molecule has 1 aliphatic rings. The van der Waals surface area contributed by atoms with Crippen LogP contribution in [0.4, 0.5) is 0 Å². The van der Waals surface area contributed by atoms with Crippen molar-refractivity contribution in [2.75, 3.05) is 6.61 Å². The minimum atomic E-state index is -0.503. The van der Waals surface area contributed by atoms with Crippen LogP contribution in [0.5, 0.6) is 0 Å². The van der Waals surface area contributed by atoms with Crippen molar-refractivity contribution in [2.24, 2.45) is 0 Å². The number of aromatic nitrogens is 4. The van der Waals surface area contributed by atoms with Gasteiger partial charge in [-0.1, -0.05) is 12.1 Å². The second kappa shape index (κ2) is 7.42. The molecule has 0 spiro atoms. The molecule has 1 saturated carbocycles. The van der Waals surface area contributed by atoms with Crippen molar-refractivity contribution < 1.29 is 14.3 Å². The number of esters is 1. The summed E-state index contributed by atoms with van der Waals surface area (Å²) in [5.41, 5.74) is 4.08. The number of carbonyl (C=O) groups is 2. The van der Waals surface area contributed by atoms with Crippen LogP contribution in [-0.4, -0.2) is 37.7 Å². The molecule has 4 rings (SSSR count). The summed E-state index contributed by atoms with van der Waals surface area (Å²) in [6.45, 7) is 4.28. The normalized spacial score (nSPS) is 13.5. The van der Waals surface area contributed by atoms with E-state index >= 15 is 0 Å². The molecular formula is C21H22N4O3. The highest BCUT2D eigenvalue weighted by molar-refractivity contribution is 6.00. The minimum Gasteiger partial charge on any atom is -0.454 e. The fraction of sp³-hybridized carbons (Fsp3) is 0.333. The van der Waals surface area contributed by atoms with Crippen molar-refractivity contribution in [3.05, 3.63) is 71.1 Å². The molecule has 1 aromatic carbocycles. The van der Waals surface area contributed by atoms with Gasteiger partial charge in [-0.3, -0.25) is 4.79 Å². The summed E-state index contributed by atoms with van der Waals surface area (Å²) in [7, 11) is 0. The first-order valence-corrected chi connectivity index (χ1v) is 9.33. The highest BCUT2D eigenvalue weighted by Crippen LogP contribution is 2.38. The van der Waals surface area contributed by atoms with E-state index in [0.717, 1.165) is 29.8 Å². The monoisotopic (exact) mass is 378 g/mol. The van der Waals surface area contributed by atoms with Crippen molar-refractivity contribution in [1.82, 2.24) is 19.3 Å². The van der Waals surface area contributed by atoms with E-state index in [2.05, 4.69) is 14.6 Å². The summed E-state index contributed by atoms with van der Waals surface area (Å²) in [5.74, 6) is -0.673. The second-order valence-corrected chi connectivity index (χ2v) is 7.18. The molecule has 2 aromatic heterocycles. The van der Waals surface area contributed by atoms with Crippen molar-refractivity contribution >= 4 is 11.8 Å². The largest absolute Gasteiger partial charge is 0.454 e. The molecule has 0 aliphatic heterocycles. The lowest BCUT2D eigenvalue weighted by Crippen LogP contribution is -2.15. The highest BCUT2D eigenvalue weighted by atomic mass is 16.5. The molecule has 0 N–H and O–H groups in total. The number of hydrogen-bond donors (Lipinski definition) is 0. The molecule has 0 saturated heterocycles. The SMILES string of the molecule is Cc1cc(C(=O)COC(=O)c2ccc(Cn3cncn3)cc2)c(C)n1C1CC1. The van der Waals surface area contributed by atoms with Gasteiger partial charge in [-0.2, -0.15) is 5.10 Å². The van der Waals surface area contributed by atoms with E-state index in [4.69, 9.17) is 4.74 Å². The highest BCUT2D eigenvalue weighted by Gasteiger charge is 2.28. The van der Waals surface area contributed by atoms with Crippen LogP contribution >= 0.6 is 0 Å². The molecular weight excluding hydrogens is 356 g/mol. The van der Waals surface area contributed by atoms with Gasteiger partial charge in [0, 0.05) is 23.0 Å². The molecule has 0 unspecified atom stereocenters. The summed E-state index contributed by atoms with van der Waals surface area (Å²) in [6.07, 6.45) is 5.43. The maximum Gasteiger partial charge on any atom is 0.338 e. The summed E-state index contributed by atoms with van der Waals surface area (Å²) in [6, 6.07) is 9.46. The zero-order chi connectivity index (χ0) is 19.7. The Balaban J connectivity index is 1.36. The van der Waals surface area contributed by atoms with Crippen LogP contribution in [0.1, 0.15) is 56.6 Å². The van der Waals surface area contributed by atoms with Crippen molar-refractivity contribution in [3.63, 3.8) is 0 Å². The lowest BCUT2D eigenvalue weighted by molar-refractivity contribution is 0.0474. The van der Waals surface area contributed by atoms with Gasteiger partial charge in [0.25, 0.3) is 0 Å². The maximum absolute atomic E-state index is 12.5. The van der Waals surface area contributed by atoms with E-state index in [9.17, 15) is 9.59 Å². The average Bonchev–Trinajstić information content (AvgIpc) is 3.30. The van der Waals surface area contributed by atoms with E-state index in [1.165, 1.54) is 6.33 Å². The number of hydrogen-bond acceptors (Lipinski definition) is 5. The third-order valence-electron chi connectivity index (χ3n) is 5.03. The number of ether oxygens (including phenoxy) is 1. The van der Waals surface area contributed by atoms with Gasteiger partial charge in [-0.15, -0.1) is 0 Å². The van der Waals surface area contributed by atoms with Crippen LogP contribution in [-0.2, 0) is 11.3 Å². The zero-order valence-corrected chi connectivity index (χ0v) is 16.0. The van der Waals surface area contributed by atoms with Gasteiger partial charge in [-0.25, -0.2) is 14.5 Å². The molecule has 0 radical (unpaired) electrons. The Hall–Kier alpha value is -3.22. The Morgan fingerprint density at radius 2 is 1.93 bits per heavy atom. The standard InChI is InChI=1S/C21H22N4O3/c1-14-9-19(15(2)25(14)18-7-8-18)20(26)11-28-21(27)17-5-3-16(4-6-17)10-24-13-22-12-23-24/h3-6,9,12-13,18H,7-8,10-11H2,1-2H3. The van der Waals surface area contributed by atoms with Gasteiger partial charge in [0.05, 0.1) is 12.1 Å².